The van der Waals surface area contributed by atoms with Gasteiger partial charge in [0.2, 0.25) is 11.8 Å². The van der Waals surface area contributed by atoms with Crippen LogP contribution in [-0.2, 0) is 11.0 Å². The molecule has 30 heavy (non-hydrogen) atoms. The van der Waals surface area contributed by atoms with E-state index in [0.29, 0.717) is 28.7 Å². The number of amides is 1. The van der Waals surface area contributed by atoms with Gasteiger partial charge in [-0.25, -0.2) is 9.97 Å². The Morgan fingerprint density at radius 1 is 1.10 bits per heavy atom. The molecule has 0 aliphatic rings. The average Bonchev–Trinajstić information content (AvgIpc) is 2.69. The molecule has 0 unspecified atom stereocenters. The minimum Gasteiger partial charge on any atom is -0.478 e. The number of Topliss-reactive ketones (excluding diaryl/α,β-unsaturated/α-hetero) is 1. The number of benzene rings is 1. The zero-order chi connectivity index (χ0) is 21.7. The van der Waals surface area contributed by atoms with Crippen LogP contribution in [0.4, 0.5) is 19.0 Å². The van der Waals surface area contributed by atoms with E-state index < -0.39 is 11.7 Å². The number of pyridine rings is 2. The highest BCUT2D eigenvalue weighted by Crippen LogP contribution is 2.31. The van der Waals surface area contributed by atoms with E-state index in [-0.39, 0.29) is 30.6 Å². The van der Waals surface area contributed by atoms with Crippen molar-refractivity contribution in [3.63, 3.8) is 0 Å². The van der Waals surface area contributed by atoms with Crippen LogP contribution in [0.25, 0.3) is 10.9 Å². The van der Waals surface area contributed by atoms with Gasteiger partial charge in [0.15, 0.2) is 5.78 Å². The number of rotatable bonds is 7. The van der Waals surface area contributed by atoms with Crippen LogP contribution < -0.4 is 10.1 Å². The molecule has 0 atom stereocenters. The molecule has 0 spiro atoms. The van der Waals surface area contributed by atoms with Crippen LogP contribution in [-0.4, -0.2) is 28.3 Å². The summed E-state index contributed by atoms with van der Waals surface area (Å²) in [7, 11) is 0. The lowest BCUT2D eigenvalue weighted by Crippen LogP contribution is -2.09. The van der Waals surface area contributed by atoms with Gasteiger partial charge in [-0.2, -0.15) is 13.2 Å². The molecular weight excluding hydrogens is 399 g/mol. The Labute approximate surface area is 170 Å². The molecule has 2 heterocycles. The monoisotopic (exact) mass is 417 g/mol. The number of anilines is 1. The fourth-order valence-electron chi connectivity index (χ4n) is 2.77. The fourth-order valence-corrected chi connectivity index (χ4v) is 2.77. The number of aromatic nitrogens is 2. The van der Waals surface area contributed by atoms with Crippen LogP contribution in [0.2, 0.25) is 0 Å². The van der Waals surface area contributed by atoms with Gasteiger partial charge in [0.25, 0.3) is 0 Å². The SMILES string of the molecule is CC(=O)Nc1cc(C(=O)CCCOc2ccc3cc(C(F)(F)F)ccc3n2)ccn1. The first-order valence-electron chi connectivity index (χ1n) is 9.10. The first kappa shape index (κ1) is 21.2. The second kappa shape index (κ2) is 8.89. The molecule has 0 bridgehead atoms. The number of ether oxygens (including phenoxy) is 1. The number of hydrogen-bond donors (Lipinski definition) is 1. The second-order valence-corrected chi connectivity index (χ2v) is 6.54. The molecule has 0 aliphatic heterocycles. The van der Waals surface area contributed by atoms with Crippen LogP contribution in [0.3, 0.4) is 0 Å². The molecule has 0 saturated carbocycles. The fraction of sp³-hybridized carbons (Fsp3) is 0.238. The lowest BCUT2D eigenvalue weighted by atomic mass is 10.1. The summed E-state index contributed by atoms with van der Waals surface area (Å²) in [6, 6.07) is 9.38. The van der Waals surface area contributed by atoms with E-state index in [1.165, 1.54) is 37.4 Å². The number of ketones is 1. The maximum Gasteiger partial charge on any atom is 0.416 e. The molecular formula is C21H18F3N3O3. The van der Waals surface area contributed by atoms with Crippen molar-refractivity contribution in [1.29, 1.82) is 0 Å². The Morgan fingerprint density at radius 2 is 1.90 bits per heavy atom. The van der Waals surface area contributed by atoms with Crippen molar-refractivity contribution in [2.45, 2.75) is 25.9 Å². The number of carbonyl (C=O) groups excluding carboxylic acids is 2. The standard InChI is InChI=1S/C21H18F3N3O3/c1-13(28)26-19-12-15(8-9-25-19)18(29)3-2-10-30-20-7-4-14-11-16(21(22,23)24)5-6-17(14)27-20/h4-9,11-12H,2-3,10H2,1H3,(H,25,26,28). The predicted molar refractivity (Wildman–Crippen MR) is 104 cm³/mol. The molecule has 6 nitrogen and oxygen atoms in total. The van der Waals surface area contributed by atoms with Crippen molar-refractivity contribution in [1.82, 2.24) is 9.97 Å². The molecule has 0 aliphatic carbocycles. The lowest BCUT2D eigenvalue weighted by Gasteiger charge is -2.09. The van der Waals surface area contributed by atoms with E-state index in [2.05, 4.69) is 15.3 Å². The Hall–Kier alpha value is -3.49. The molecule has 156 valence electrons. The minimum atomic E-state index is -4.41. The number of nitrogens with one attached hydrogen (secondary N) is 1. The van der Waals surface area contributed by atoms with Crippen LogP contribution >= 0.6 is 0 Å². The number of nitrogens with zero attached hydrogens (tertiary/aromatic N) is 2. The molecule has 3 aromatic rings. The minimum absolute atomic E-state index is 0.126. The molecule has 9 heteroatoms. The van der Waals surface area contributed by atoms with E-state index in [1.807, 2.05) is 0 Å². The Morgan fingerprint density at radius 3 is 2.63 bits per heavy atom. The summed E-state index contributed by atoms with van der Waals surface area (Å²) >= 11 is 0. The third-order valence-corrected chi connectivity index (χ3v) is 4.18. The normalized spacial score (nSPS) is 11.3. The molecule has 1 aromatic carbocycles. The maximum atomic E-state index is 12.8. The van der Waals surface area contributed by atoms with Gasteiger partial charge in [-0.3, -0.25) is 9.59 Å². The smallest absolute Gasteiger partial charge is 0.416 e. The zero-order valence-corrected chi connectivity index (χ0v) is 16.0. The topological polar surface area (TPSA) is 81.2 Å². The number of hydrogen-bond acceptors (Lipinski definition) is 5. The van der Waals surface area contributed by atoms with E-state index in [1.54, 1.807) is 6.07 Å². The molecule has 1 N–H and O–H groups in total. The van der Waals surface area contributed by atoms with Crippen LogP contribution in [0.5, 0.6) is 5.88 Å². The summed E-state index contributed by atoms with van der Waals surface area (Å²) < 4.78 is 43.8. The lowest BCUT2D eigenvalue weighted by molar-refractivity contribution is -0.137. The number of fused-ring (bicyclic) bond motifs is 1. The summed E-state index contributed by atoms with van der Waals surface area (Å²) in [6.07, 6.45) is -2.33. The third-order valence-electron chi connectivity index (χ3n) is 4.18. The largest absolute Gasteiger partial charge is 0.478 e. The summed E-state index contributed by atoms with van der Waals surface area (Å²) in [6.45, 7) is 1.57. The van der Waals surface area contributed by atoms with Gasteiger partial charge in [-0.1, -0.05) is 0 Å². The molecule has 0 radical (unpaired) electrons. The Kier molecular flexibility index (Phi) is 6.29. The summed E-state index contributed by atoms with van der Waals surface area (Å²) in [5.74, 6) is 0.168. The van der Waals surface area contributed by atoms with E-state index in [0.717, 1.165) is 12.1 Å². The highest BCUT2D eigenvalue weighted by Gasteiger charge is 2.30. The van der Waals surface area contributed by atoms with Gasteiger partial charge >= 0.3 is 6.18 Å². The van der Waals surface area contributed by atoms with Crippen molar-refractivity contribution in [3.05, 3.63) is 59.8 Å². The van der Waals surface area contributed by atoms with E-state index in [4.69, 9.17) is 4.74 Å². The molecule has 2 aromatic heterocycles. The van der Waals surface area contributed by atoms with Gasteiger partial charge in [-0.15, -0.1) is 0 Å². The highest BCUT2D eigenvalue weighted by atomic mass is 19.4. The number of alkyl halides is 3. The molecule has 0 saturated heterocycles. The van der Waals surface area contributed by atoms with Gasteiger partial charge in [0, 0.05) is 36.6 Å². The molecule has 0 fully saturated rings. The predicted octanol–water partition coefficient (Wildman–Crippen LogP) is 4.65. The van der Waals surface area contributed by atoms with Crippen LogP contribution in [0.1, 0.15) is 35.7 Å². The number of halogens is 3. The Bertz CT molecular complexity index is 1080. The maximum absolute atomic E-state index is 12.8. The van der Waals surface area contributed by atoms with Crippen molar-refractivity contribution in [2.75, 3.05) is 11.9 Å². The van der Waals surface area contributed by atoms with Gasteiger partial charge in [0.05, 0.1) is 17.7 Å². The first-order valence-corrected chi connectivity index (χ1v) is 9.10. The van der Waals surface area contributed by atoms with Crippen molar-refractivity contribution in [3.8, 4) is 5.88 Å². The van der Waals surface area contributed by atoms with Crippen LogP contribution in [0.15, 0.2) is 48.7 Å². The zero-order valence-electron chi connectivity index (χ0n) is 16.0. The third kappa shape index (κ3) is 5.53. The quantitative estimate of drug-likeness (QED) is 0.447. The van der Waals surface area contributed by atoms with Gasteiger partial charge in [0.1, 0.15) is 5.82 Å². The Balaban J connectivity index is 1.54. The number of carbonyl (C=O) groups is 2. The first-order chi connectivity index (χ1) is 14.2. The van der Waals surface area contributed by atoms with Crippen molar-refractivity contribution in [2.24, 2.45) is 0 Å². The van der Waals surface area contributed by atoms with E-state index >= 15 is 0 Å². The molecule has 1 amide bonds. The second-order valence-electron chi connectivity index (χ2n) is 6.54. The summed E-state index contributed by atoms with van der Waals surface area (Å²) in [4.78, 5) is 31.5. The summed E-state index contributed by atoms with van der Waals surface area (Å²) in [5.41, 5.74) is 0.0821. The van der Waals surface area contributed by atoms with Gasteiger partial charge in [-0.05, 0) is 42.8 Å². The highest BCUT2D eigenvalue weighted by molar-refractivity contribution is 5.97. The van der Waals surface area contributed by atoms with Crippen molar-refractivity contribution < 1.29 is 27.5 Å². The van der Waals surface area contributed by atoms with Crippen LogP contribution in [0, 0.1) is 0 Å². The average molecular weight is 417 g/mol. The van der Waals surface area contributed by atoms with E-state index in [9.17, 15) is 22.8 Å². The summed E-state index contributed by atoms with van der Waals surface area (Å²) in [5, 5.41) is 2.88. The van der Waals surface area contributed by atoms with Gasteiger partial charge < -0.3 is 10.1 Å². The molecule has 3 rings (SSSR count). The van der Waals surface area contributed by atoms with Crippen molar-refractivity contribution >= 4 is 28.4 Å².